The van der Waals surface area contributed by atoms with E-state index in [9.17, 15) is 18.0 Å². The summed E-state index contributed by atoms with van der Waals surface area (Å²) in [6.45, 7) is 11.2. The number of hydrogen-bond acceptors (Lipinski definition) is 5. The second kappa shape index (κ2) is 12.5. The fraction of sp³-hybridized carbons (Fsp3) is 0.667. The van der Waals surface area contributed by atoms with Crippen molar-refractivity contribution in [2.75, 3.05) is 26.2 Å². The fourth-order valence-electron chi connectivity index (χ4n) is 3.74. The lowest BCUT2D eigenvalue weighted by molar-refractivity contribution is -0.132. The molecule has 186 valence electrons. The van der Waals surface area contributed by atoms with E-state index in [1.807, 2.05) is 34.6 Å². The largest absolute Gasteiger partial charge is 0.379 e. The molecule has 1 aromatic rings. The van der Waals surface area contributed by atoms with Gasteiger partial charge in [-0.2, -0.15) is 4.31 Å². The molecule has 0 saturated carbocycles. The van der Waals surface area contributed by atoms with Crippen LogP contribution in [0.3, 0.4) is 0 Å². The molecule has 33 heavy (non-hydrogen) atoms. The highest BCUT2D eigenvalue weighted by Crippen LogP contribution is 2.24. The summed E-state index contributed by atoms with van der Waals surface area (Å²) in [4.78, 5) is 25.7. The Balaban J connectivity index is 1.86. The highest BCUT2D eigenvalue weighted by Gasteiger charge is 2.34. The minimum Gasteiger partial charge on any atom is -0.379 e. The van der Waals surface area contributed by atoms with Crippen LogP contribution in [0, 0.1) is 18.8 Å². The van der Waals surface area contributed by atoms with Crippen LogP contribution in [0.2, 0.25) is 0 Å². The standard InChI is InChI=1S/C24H39N3O5S/c1-17(2)22(24(29)25-13-6-16-32-18(3)4)26-23(28)20-11-14-27(15-12-20)33(30,31)21-9-7-19(5)8-10-21/h7-10,17-18,20,22H,6,11-16H2,1-5H3,(H,25,29)(H,26,28)/t22-/m1/s1. The Morgan fingerprint density at radius 2 is 1.70 bits per heavy atom. The van der Waals surface area contributed by atoms with Gasteiger partial charge in [-0.1, -0.05) is 31.5 Å². The molecule has 1 aromatic carbocycles. The first-order valence-corrected chi connectivity index (χ1v) is 13.2. The van der Waals surface area contributed by atoms with E-state index < -0.39 is 16.1 Å². The zero-order chi connectivity index (χ0) is 24.6. The molecule has 1 heterocycles. The van der Waals surface area contributed by atoms with Crippen LogP contribution in [0.1, 0.15) is 52.5 Å². The summed E-state index contributed by atoms with van der Waals surface area (Å²) in [6, 6.07) is 6.16. The van der Waals surface area contributed by atoms with Crippen molar-refractivity contribution >= 4 is 21.8 Å². The van der Waals surface area contributed by atoms with Crippen LogP contribution >= 0.6 is 0 Å². The van der Waals surface area contributed by atoms with Crippen molar-refractivity contribution in [1.82, 2.24) is 14.9 Å². The van der Waals surface area contributed by atoms with Gasteiger partial charge in [0.2, 0.25) is 21.8 Å². The van der Waals surface area contributed by atoms with Gasteiger partial charge in [0.15, 0.2) is 0 Å². The second-order valence-electron chi connectivity index (χ2n) is 9.29. The predicted octanol–water partition coefficient (Wildman–Crippen LogP) is 2.47. The Bertz CT molecular complexity index is 876. The van der Waals surface area contributed by atoms with Crippen LogP contribution in [0.15, 0.2) is 29.2 Å². The molecule has 0 radical (unpaired) electrons. The first-order valence-electron chi connectivity index (χ1n) is 11.8. The number of amides is 2. The van der Waals surface area contributed by atoms with E-state index in [1.54, 1.807) is 24.3 Å². The maximum absolute atomic E-state index is 12.9. The smallest absolute Gasteiger partial charge is 0.243 e. The van der Waals surface area contributed by atoms with Gasteiger partial charge in [0, 0.05) is 32.2 Å². The minimum absolute atomic E-state index is 0.0668. The Morgan fingerprint density at radius 1 is 1.09 bits per heavy atom. The van der Waals surface area contributed by atoms with Gasteiger partial charge in [-0.3, -0.25) is 9.59 Å². The van der Waals surface area contributed by atoms with Crippen molar-refractivity contribution in [1.29, 1.82) is 0 Å². The Hall–Kier alpha value is -1.97. The van der Waals surface area contributed by atoms with Crippen molar-refractivity contribution in [3.05, 3.63) is 29.8 Å². The van der Waals surface area contributed by atoms with Crippen LogP contribution in [-0.4, -0.2) is 62.9 Å². The number of nitrogens with one attached hydrogen (secondary N) is 2. The molecule has 0 unspecified atom stereocenters. The van der Waals surface area contributed by atoms with Crippen molar-refractivity contribution in [2.24, 2.45) is 11.8 Å². The van der Waals surface area contributed by atoms with E-state index >= 15 is 0 Å². The Morgan fingerprint density at radius 3 is 2.24 bits per heavy atom. The van der Waals surface area contributed by atoms with Gasteiger partial charge in [0.1, 0.15) is 6.04 Å². The normalized spacial score (nSPS) is 16.7. The van der Waals surface area contributed by atoms with Gasteiger partial charge in [0.25, 0.3) is 0 Å². The molecular formula is C24H39N3O5S. The van der Waals surface area contributed by atoms with Crippen LogP contribution in [0.5, 0.6) is 0 Å². The van der Waals surface area contributed by atoms with Crippen LogP contribution in [-0.2, 0) is 24.3 Å². The SMILES string of the molecule is Cc1ccc(S(=O)(=O)N2CCC(C(=O)N[C@@H](C(=O)NCCCOC(C)C)C(C)C)CC2)cc1. The average Bonchev–Trinajstić information content (AvgIpc) is 2.76. The first kappa shape index (κ1) is 27.3. The summed E-state index contributed by atoms with van der Waals surface area (Å²) in [5, 5.41) is 5.76. The van der Waals surface area contributed by atoms with E-state index in [0.717, 1.165) is 5.56 Å². The topological polar surface area (TPSA) is 105 Å². The number of aryl methyl sites for hydroxylation is 1. The van der Waals surface area contributed by atoms with Crippen molar-refractivity contribution in [3.8, 4) is 0 Å². The molecule has 0 spiro atoms. The van der Waals surface area contributed by atoms with Gasteiger partial charge in [-0.25, -0.2) is 8.42 Å². The van der Waals surface area contributed by atoms with Crippen LogP contribution in [0.4, 0.5) is 0 Å². The van der Waals surface area contributed by atoms with E-state index in [-0.39, 0.29) is 47.7 Å². The summed E-state index contributed by atoms with van der Waals surface area (Å²) in [5.41, 5.74) is 0.997. The molecule has 1 fully saturated rings. The summed E-state index contributed by atoms with van der Waals surface area (Å²) < 4.78 is 32.7. The zero-order valence-electron chi connectivity index (χ0n) is 20.5. The number of carbonyl (C=O) groups is 2. The fourth-order valence-corrected chi connectivity index (χ4v) is 5.21. The van der Waals surface area contributed by atoms with E-state index in [4.69, 9.17) is 4.74 Å². The Labute approximate surface area is 198 Å². The monoisotopic (exact) mass is 481 g/mol. The number of piperidine rings is 1. The highest BCUT2D eigenvalue weighted by molar-refractivity contribution is 7.89. The van der Waals surface area contributed by atoms with E-state index in [1.165, 1.54) is 4.31 Å². The van der Waals surface area contributed by atoms with Gasteiger partial charge < -0.3 is 15.4 Å². The first-order chi connectivity index (χ1) is 15.5. The van der Waals surface area contributed by atoms with Crippen molar-refractivity contribution < 1.29 is 22.7 Å². The minimum atomic E-state index is -3.57. The molecule has 2 amide bonds. The molecule has 0 aliphatic carbocycles. The van der Waals surface area contributed by atoms with Gasteiger partial charge in [-0.05, 0) is 58.1 Å². The van der Waals surface area contributed by atoms with Gasteiger partial charge >= 0.3 is 0 Å². The molecule has 0 aromatic heterocycles. The molecule has 1 aliphatic rings. The number of hydrogen-bond donors (Lipinski definition) is 2. The molecule has 1 saturated heterocycles. The average molecular weight is 482 g/mol. The molecule has 8 nitrogen and oxygen atoms in total. The number of sulfonamides is 1. The van der Waals surface area contributed by atoms with Crippen molar-refractivity contribution in [2.45, 2.75) is 70.9 Å². The third kappa shape index (κ3) is 8.08. The number of rotatable bonds is 11. The number of benzene rings is 1. The lowest BCUT2D eigenvalue weighted by Gasteiger charge is -2.32. The summed E-state index contributed by atoms with van der Waals surface area (Å²) >= 11 is 0. The van der Waals surface area contributed by atoms with Gasteiger partial charge in [-0.15, -0.1) is 0 Å². The quantitative estimate of drug-likeness (QED) is 0.473. The van der Waals surface area contributed by atoms with Crippen molar-refractivity contribution in [3.63, 3.8) is 0 Å². The summed E-state index contributed by atoms with van der Waals surface area (Å²) in [7, 11) is -3.57. The molecular weight excluding hydrogens is 442 g/mol. The summed E-state index contributed by atoms with van der Waals surface area (Å²) in [6.07, 6.45) is 1.71. The Kier molecular flexibility index (Phi) is 10.3. The second-order valence-corrected chi connectivity index (χ2v) is 11.2. The van der Waals surface area contributed by atoms with Crippen LogP contribution in [0.25, 0.3) is 0 Å². The summed E-state index contributed by atoms with van der Waals surface area (Å²) in [5.74, 6) is -0.785. The third-order valence-electron chi connectivity index (χ3n) is 5.80. The number of ether oxygens (including phenoxy) is 1. The maximum atomic E-state index is 12.9. The predicted molar refractivity (Wildman–Crippen MR) is 128 cm³/mol. The van der Waals surface area contributed by atoms with Gasteiger partial charge in [0.05, 0.1) is 11.0 Å². The van der Waals surface area contributed by atoms with E-state index in [0.29, 0.717) is 32.4 Å². The zero-order valence-corrected chi connectivity index (χ0v) is 21.3. The molecule has 0 bridgehead atoms. The molecule has 1 aliphatic heterocycles. The number of nitrogens with zero attached hydrogens (tertiary/aromatic N) is 1. The lowest BCUT2D eigenvalue weighted by Crippen LogP contribution is -2.52. The molecule has 9 heteroatoms. The third-order valence-corrected chi connectivity index (χ3v) is 7.71. The molecule has 2 N–H and O–H groups in total. The number of carbonyl (C=O) groups excluding carboxylic acids is 2. The molecule has 2 rings (SSSR count). The molecule has 1 atom stereocenters. The van der Waals surface area contributed by atoms with E-state index in [2.05, 4.69) is 10.6 Å². The lowest BCUT2D eigenvalue weighted by atomic mass is 9.95. The van der Waals surface area contributed by atoms with Crippen LogP contribution < -0.4 is 10.6 Å². The maximum Gasteiger partial charge on any atom is 0.243 e. The highest BCUT2D eigenvalue weighted by atomic mass is 32.2.